The summed E-state index contributed by atoms with van der Waals surface area (Å²) < 4.78 is 33.0. The maximum absolute atomic E-state index is 12.1. The lowest BCUT2D eigenvalue weighted by Crippen LogP contribution is -2.30. The van der Waals surface area contributed by atoms with Crippen molar-refractivity contribution in [1.29, 1.82) is 0 Å². The highest BCUT2D eigenvalue weighted by atomic mass is 31.2. The number of carbonyl (C=O) groups excluding carboxylic acids is 2. The Balaban J connectivity index is 2.10. The third kappa shape index (κ3) is 24.3. The molecule has 9 nitrogen and oxygen atoms in total. The maximum atomic E-state index is 12.1. The van der Waals surface area contributed by atoms with Crippen LogP contribution in [-0.2, 0) is 32.7 Å². The van der Waals surface area contributed by atoms with E-state index in [1.165, 1.54) is 90.4 Å². The monoisotopic (exact) mass is 604 g/mol. The number of carbonyl (C=O) groups is 2. The number of esters is 1. The Morgan fingerprint density at radius 1 is 0.756 bits per heavy atom. The van der Waals surface area contributed by atoms with E-state index >= 15 is 0 Å². The normalized spacial score (nSPS) is 16.1. The Kier molecular flexibility index (Phi) is 23.9. The van der Waals surface area contributed by atoms with E-state index in [9.17, 15) is 19.0 Å². The number of hydrogen-bond donors (Lipinski definition) is 0. The van der Waals surface area contributed by atoms with Crippen LogP contribution in [0.4, 0.5) is 0 Å². The summed E-state index contributed by atoms with van der Waals surface area (Å²) in [6.45, 7) is 6.06. The van der Waals surface area contributed by atoms with Gasteiger partial charge in [0.15, 0.2) is 0 Å². The molecule has 0 spiro atoms. The first kappa shape index (κ1) is 38.2. The van der Waals surface area contributed by atoms with E-state index < -0.39 is 26.5 Å². The SMILES string of the molecule is CCCCCCCCCCCCCCCCCCOCC(COP(=O)([O-])OCCN1CCCC1)OC(=O)CC(C)=O. The standard InChI is InChI=1S/C31H60NO8P/c1-3-4-5-6-7-8-9-10-11-12-13-14-15-16-17-20-24-37-27-30(40-31(34)26-29(2)33)28-39-41(35,36)38-25-23-32-21-18-19-22-32/h30H,3-28H2,1-2H3,(H,35,36)/p-1. The maximum Gasteiger partial charge on any atom is 0.313 e. The summed E-state index contributed by atoms with van der Waals surface area (Å²) in [4.78, 5) is 37.5. The van der Waals surface area contributed by atoms with E-state index in [1.807, 2.05) is 0 Å². The fourth-order valence-corrected chi connectivity index (χ4v) is 5.74. The van der Waals surface area contributed by atoms with Gasteiger partial charge in [0.25, 0.3) is 7.82 Å². The van der Waals surface area contributed by atoms with Crippen LogP contribution in [0.2, 0.25) is 0 Å². The van der Waals surface area contributed by atoms with E-state index in [-0.39, 0.29) is 25.4 Å². The van der Waals surface area contributed by atoms with Crippen molar-refractivity contribution in [1.82, 2.24) is 4.90 Å². The number of phosphoric acid groups is 1. The van der Waals surface area contributed by atoms with Crippen LogP contribution in [0, 0.1) is 0 Å². The molecule has 0 aromatic heterocycles. The molecule has 242 valence electrons. The quantitative estimate of drug-likeness (QED) is 0.0396. The fourth-order valence-electron chi connectivity index (χ4n) is 5.01. The van der Waals surface area contributed by atoms with Crippen molar-refractivity contribution in [2.45, 2.75) is 142 Å². The summed E-state index contributed by atoms with van der Waals surface area (Å²) in [5, 5.41) is 0. The summed E-state index contributed by atoms with van der Waals surface area (Å²) in [7, 11) is -4.54. The van der Waals surface area contributed by atoms with Crippen LogP contribution in [0.25, 0.3) is 0 Å². The lowest BCUT2D eigenvalue weighted by atomic mass is 10.0. The average Bonchev–Trinajstić information content (AvgIpc) is 3.44. The molecule has 1 aliphatic heterocycles. The van der Waals surface area contributed by atoms with E-state index in [0.717, 1.165) is 45.2 Å². The summed E-state index contributed by atoms with van der Waals surface area (Å²) >= 11 is 0. The number of ketones is 1. The third-order valence-electron chi connectivity index (χ3n) is 7.41. The minimum absolute atomic E-state index is 0.00381. The van der Waals surface area contributed by atoms with Crippen molar-refractivity contribution in [2.75, 3.05) is 46.1 Å². The summed E-state index contributed by atoms with van der Waals surface area (Å²) in [6.07, 6.45) is 21.6. The molecule has 0 bridgehead atoms. The van der Waals surface area contributed by atoms with Gasteiger partial charge < -0.3 is 28.3 Å². The number of hydrogen-bond acceptors (Lipinski definition) is 9. The van der Waals surface area contributed by atoms with Crippen molar-refractivity contribution in [3.8, 4) is 0 Å². The van der Waals surface area contributed by atoms with Crippen molar-refractivity contribution < 1.29 is 37.6 Å². The van der Waals surface area contributed by atoms with Gasteiger partial charge in [0.1, 0.15) is 18.3 Å². The molecule has 0 aromatic carbocycles. The van der Waals surface area contributed by atoms with Gasteiger partial charge in [-0.1, -0.05) is 103 Å². The van der Waals surface area contributed by atoms with Crippen molar-refractivity contribution in [3.63, 3.8) is 0 Å². The van der Waals surface area contributed by atoms with Gasteiger partial charge >= 0.3 is 5.97 Å². The van der Waals surface area contributed by atoms with Crippen LogP contribution in [0.3, 0.4) is 0 Å². The zero-order chi connectivity index (χ0) is 30.0. The summed E-state index contributed by atoms with van der Waals surface area (Å²) in [5.41, 5.74) is 0. The highest BCUT2D eigenvalue weighted by molar-refractivity contribution is 7.45. The second-order valence-electron chi connectivity index (χ2n) is 11.5. The van der Waals surface area contributed by atoms with Gasteiger partial charge in [-0.05, 0) is 39.3 Å². The van der Waals surface area contributed by atoms with Crippen LogP contribution in [0.5, 0.6) is 0 Å². The molecule has 41 heavy (non-hydrogen) atoms. The van der Waals surface area contributed by atoms with Gasteiger partial charge in [-0.25, -0.2) is 0 Å². The number of phosphoric ester groups is 1. The Bertz CT molecular complexity index is 702. The molecule has 0 N–H and O–H groups in total. The summed E-state index contributed by atoms with van der Waals surface area (Å²) in [5.74, 6) is -1.06. The molecule has 0 saturated carbocycles. The third-order valence-corrected chi connectivity index (χ3v) is 8.38. The number of nitrogens with zero attached hydrogens (tertiary/aromatic N) is 1. The van der Waals surface area contributed by atoms with Crippen LogP contribution < -0.4 is 4.89 Å². The van der Waals surface area contributed by atoms with Gasteiger partial charge in [0, 0.05) is 13.2 Å². The Morgan fingerprint density at radius 2 is 1.27 bits per heavy atom. The van der Waals surface area contributed by atoms with Crippen molar-refractivity contribution in [2.24, 2.45) is 0 Å². The predicted molar refractivity (Wildman–Crippen MR) is 161 cm³/mol. The van der Waals surface area contributed by atoms with Crippen LogP contribution in [0.1, 0.15) is 136 Å². The molecular formula is C31H59NO8P-. The summed E-state index contributed by atoms with van der Waals surface area (Å²) in [6, 6.07) is 0. The highest BCUT2D eigenvalue weighted by Crippen LogP contribution is 2.38. The fraction of sp³-hybridized carbons (Fsp3) is 0.935. The number of unbranched alkanes of at least 4 members (excludes halogenated alkanes) is 15. The molecule has 1 rings (SSSR count). The lowest BCUT2D eigenvalue weighted by Gasteiger charge is -2.26. The average molecular weight is 605 g/mol. The van der Waals surface area contributed by atoms with Gasteiger partial charge in [0.05, 0.1) is 19.8 Å². The molecular weight excluding hydrogens is 545 g/mol. The smallest absolute Gasteiger partial charge is 0.313 e. The predicted octanol–water partition coefficient (Wildman–Crippen LogP) is 6.75. The van der Waals surface area contributed by atoms with Crippen molar-refractivity contribution >= 4 is 19.6 Å². The van der Waals surface area contributed by atoms with Crippen LogP contribution in [0.15, 0.2) is 0 Å². The largest absolute Gasteiger partial charge is 0.756 e. The topological polar surface area (TPSA) is 114 Å². The lowest BCUT2D eigenvalue weighted by molar-refractivity contribution is -0.228. The molecule has 1 aliphatic rings. The van der Waals surface area contributed by atoms with Gasteiger partial charge in [-0.15, -0.1) is 0 Å². The second-order valence-corrected chi connectivity index (χ2v) is 12.9. The zero-order valence-electron chi connectivity index (χ0n) is 26.1. The Labute approximate surface area is 250 Å². The number of likely N-dealkylation sites (tertiary alicyclic amines) is 1. The second kappa shape index (κ2) is 25.6. The van der Waals surface area contributed by atoms with E-state index in [2.05, 4.69) is 11.8 Å². The molecule has 1 heterocycles. The van der Waals surface area contributed by atoms with Crippen molar-refractivity contribution in [3.05, 3.63) is 0 Å². The zero-order valence-corrected chi connectivity index (χ0v) is 27.0. The molecule has 0 amide bonds. The molecule has 2 unspecified atom stereocenters. The van der Waals surface area contributed by atoms with E-state index in [4.69, 9.17) is 18.5 Å². The first-order valence-corrected chi connectivity index (χ1v) is 17.9. The number of rotatable bonds is 29. The van der Waals surface area contributed by atoms with E-state index in [0.29, 0.717) is 13.2 Å². The molecule has 0 aromatic rings. The first-order valence-electron chi connectivity index (χ1n) is 16.4. The highest BCUT2D eigenvalue weighted by Gasteiger charge is 2.21. The molecule has 2 atom stereocenters. The molecule has 0 radical (unpaired) electrons. The Morgan fingerprint density at radius 3 is 1.78 bits per heavy atom. The van der Waals surface area contributed by atoms with Gasteiger partial charge in [0.2, 0.25) is 0 Å². The number of Topliss-reactive ketones (excluding diaryl/α,β-unsaturated/α-hetero) is 1. The minimum Gasteiger partial charge on any atom is -0.756 e. The first-order chi connectivity index (χ1) is 19.8. The van der Waals surface area contributed by atoms with E-state index in [1.54, 1.807) is 0 Å². The molecule has 1 saturated heterocycles. The molecule has 1 fully saturated rings. The van der Waals surface area contributed by atoms with Gasteiger partial charge in [-0.2, -0.15) is 0 Å². The van der Waals surface area contributed by atoms with Crippen LogP contribution >= 0.6 is 7.82 Å². The van der Waals surface area contributed by atoms with Gasteiger partial charge in [-0.3, -0.25) is 14.2 Å². The number of ether oxygens (including phenoxy) is 2. The molecule has 10 heteroatoms. The minimum atomic E-state index is -4.54. The molecule has 0 aliphatic carbocycles. The Hall–Kier alpha value is -0.830. The van der Waals surface area contributed by atoms with Crippen LogP contribution in [-0.4, -0.2) is 68.8 Å².